The van der Waals surface area contributed by atoms with Gasteiger partial charge in [0.05, 0.1) is 0 Å². The molecule has 4 aliphatic carbocycles. The molecule has 0 aromatic carbocycles. The van der Waals surface area contributed by atoms with E-state index < -0.39 is 0 Å². The minimum atomic E-state index is -0.288. The highest BCUT2D eigenvalue weighted by atomic mass is 16.3. The van der Waals surface area contributed by atoms with E-state index in [1.165, 1.54) is 70.6 Å². The first-order valence-electron chi connectivity index (χ1n) is 16.1. The molecule has 0 amide bonds. The fraction of sp³-hybridized carbons (Fsp3) is 0.969. The van der Waals surface area contributed by atoms with Crippen LogP contribution in [-0.4, -0.2) is 49.7 Å². The van der Waals surface area contributed by atoms with E-state index in [2.05, 4.69) is 31.4 Å². The summed E-state index contributed by atoms with van der Waals surface area (Å²) in [5, 5.41) is 16.7. The van der Waals surface area contributed by atoms with Crippen molar-refractivity contribution >= 4 is 5.78 Å². The van der Waals surface area contributed by atoms with E-state index in [0.29, 0.717) is 23.2 Å². The predicted octanol–water partition coefficient (Wildman–Crippen LogP) is 5.30. The van der Waals surface area contributed by atoms with Crippen molar-refractivity contribution in [3.8, 4) is 0 Å². The van der Waals surface area contributed by atoms with E-state index in [0.717, 1.165) is 74.7 Å². The molecule has 0 aromatic heterocycles. The molecule has 0 aliphatic heterocycles. The lowest BCUT2D eigenvalue weighted by atomic mass is 9.44. The van der Waals surface area contributed by atoms with Crippen molar-refractivity contribution < 1.29 is 9.90 Å². The maximum absolute atomic E-state index is 11.7. The molecule has 5 N–H and O–H groups in total. The van der Waals surface area contributed by atoms with Gasteiger partial charge in [0.2, 0.25) is 0 Å². The molecule has 214 valence electrons. The second-order valence-corrected chi connectivity index (χ2v) is 14.1. The third-order valence-corrected chi connectivity index (χ3v) is 12.3. The number of unbranched alkanes of at least 4 members (excludes halogenated alkanes) is 1. The Bertz CT molecular complexity index is 731. The van der Waals surface area contributed by atoms with Gasteiger partial charge in [-0.15, -0.1) is 0 Å². The average Bonchev–Trinajstić information content (AvgIpc) is 3.26. The van der Waals surface area contributed by atoms with Crippen LogP contribution in [0, 0.1) is 46.3 Å². The van der Waals surface area contributed by atoms with E-state index in [1.807, 2.05) is 0 Å². The Morgan fingerprint density at radius 3 is 2.49 bits per heavy atom. The van der Waals surface area contributed by atoms with Gasteiger partial charge in [-0.2, -0.15) is 0 Å². The van der Waals surface area contributed by atoms with Crippen molar-refractivity contribution in [2.45, 2.75) is 117 Å². The number of nitrogens with one attached hydrogen (secondary N) is 2. The number of hydrogen-bond acceptors (Lipinski definition) is 5. The summed E-state index contributed by atoms with van der Waals surface area (Å²) in [5.74, 6) is 5.00. The van der Waals surface area contributed by atoms with Gasteiger partial charge in [-0.3, -0.25) is 4.79 Å². The summed E-state index contributed by atoms with van der Waals surface area (Å²) in [6.45, 7) is 11.6. The van der Waals surface area contributed by atoms with Crippen LogP contribution in [-0.2, 0) is 4.79 Å². The maximum Gasteiger partial charge on any atom is 0.158 e. The van der Waals surface area contributed by atoms with Crippen molar-refractivity contribution in [2.24, 2.45) is 52.1 Å². The van der Waals surface area contributed by atoms with Gasteiger partial charge in [-0.05, 0) is 156 Å². The minimum Gasteiger partial charge on any atom is -0.389 e. The molecule has 5 heteroatoms. The number of aliphatic hydroxyl groups is 1. The Balaban J connectivity index is 1.27. The topological polar surface area (TPSA) is 87.4 Å². The highest BCUT2D eigenvalue weighted by Gasteiger charge is 2.60. The second kappa shape index (κ2) is 13.2. The number of aliphatic hydroxyl groups excluding tert-OH is 1. The Morgan fingerprint density at radius 1 is 0.946 bits per heavy atom. The molecule has 0 aromatic rings. The minimum absolute atomic E-state index is 0.0154. The lowest BCUT2D eigenvalue weighted by Gasteiger charge is -2.61. The SMILES string of the molecule is CC(CCC(=O)CO)[C@H]1CCC2C3CC[C@H]4C[C@@H](NCCCNCCCCN)CC[C@]4(C)C3CC[C@@]21C. The standard InChI is InChI=1S/C32H59N3O2/c1-23(7-9-26(37)22-36)28-11-12-29-27-10-8-24-21-25(35-20-6-19-34-18-5-4-17-33)13-15-31(24,2)30(27)14-16-32(28,29)3/h23-25,27-30,34-36H,4-22,33H2,1-3H3/t23?,24-,25-,27?,28+,29?,30?,31-,32+/m0/s1. The Labute approximate surface area is 227 Å². The molecule has 4 rings (SSSR count). The van der Waals surface area contributed by atoms with Crippen molar-refractivity contribution in [1.82, 2.24) is 10.6 Å². The van der Waals surface area contributed by atoms with Gasteiger partial charge in [-0.25, -0.2) is 0 Å². The molecular weight excluding hydrogens is 458 g/mol. The van der Waals surface area contributed by atoms with E-state index in [-0.39, 0.29) is 12.4 Å². The normalized spacial score (nSPS) is 40.0. The molecule has 0 bridgehead atoms. The van der Waals surface area contributed by atoms with Crippen molar-refractivity contribution in [1.29, 1.82) is 0 Å². The van der Waals surface area contributed by atoms with Gasteiger partial charge in [0.15, 0.2) is 5.78 Å². The fourth-order valence-electron chi connectivity index (χ4n) is 10.1. The van der Waals surface area contributed by atoms with Crippen LogP contribution in [0.2, 0.25) is 0 Å². The molecule has 4 saturated carbocycles. The number of carbonyl (C=O) groups excluding carboxylic acids is 1. The molecule has 0 heterocycles. The number of rotatable bonds is 14. The van der Waals surface area contributed by atoms with Crippen LogP contribution in [0.5, 0.6) is 0 Å². The number of carbonyl (C=O) groups is 1. The van der Waals surface area contributed by atoms with Crippen LogP contribution in [0.4, 0.5) is 0 Å². The molecule has 37 heavy (non-hydrogen) atoms. The number of Topliss-reactive ketones (excluding diaryl/α,β-unsaturated/α-hetero) is 1. The molecule has 4 aliphatic rings. The van der Waals surface area contributed by atoms with E-state index in [4.69, 9.17) is 10.8 Å². The Kier molecular flexibility index (Phi) is 10.6. The number of fused-ring (bicyclic) bond motifs is 5. The molecule has 0 spiro atoms. The van der Waals surface area contributed by atoms with Crippen molar-refractivity contribution in [3.63, 3.8) is 0 Å². The van der Waals surface area contributed by atoms with Gasteiger partial charge < -0.3 is 21.5 Å². The van der Waals surface area contributed by atoms with Gasteiger partial charge in [0.25, 0.3) is 0 Å². The molecule has 0 radical (unpaired) electrons. The van der Waals surface area contributed by atoms with Gasteiger partial charge in [0, 0.05) is 12.5 Å². The van der Waals surface area contributed by atoms with E-state index in [1.54, 1.807) is 0 Å². The smallest absolute Gasteiger partial charge is 0.158 e. The first kappa shape index (κ1) is 29.5. The largest absolute Gasteiger partial charge is 0.389 e. The Morgan fingerprint density at radius 2 is 1.70 bits per heavy atom. The highest BCUT2D eigenvalue weighted by Crippen LogP contribution is 2.68. The quantitative estimate of drug-likeness (QED) is 0.235. The maximum atomic E-state index is 11.7. The number of ketones is 1. The number of nitrogens with two attached hydrogens (primary N) is 1. The summed E-state index contributed by atoms with van der Waals surface area (Å²) in [6, 6.07) is 0.721. The van der Waals surface area contributed by atoms with Crippen molar-refractivity contribution in [2.75, 3.05) is 32.8 Å². The third kappa shape index (κ3) is 6.47. The lowest BCUT2D eigenvalue weighted by Crippen LogP contribution is -2.55. The summed E-state index contributed by atoms with van der Waals surface area (Å²) in [6.07, 6.45) is 17.7. The van der Waals surface area contributed by atoms with Crippen LogP contribution >= 0.6 is 0 Å². The molecule has 4 fully saturated rings. The molecule has 9 atom stereocenters. The molecule has 4 unspecified atom stereocenters. The second-order valence-electron chi connectivity index (χ2n) is 14.1. The van der Waals surface area contributed by atoms with Gasteiger partial charge in [-0.1, -0.05) is 20.8 Å². The zero-order chi connectivity index (χ0) is 26.5. The zero-order valence-electron chi connectivity index (χ0n) is 24.4. The molecular formula is C32H59N3O2. The third-order valence-electron chi connectivity index (χ3n) is 12.3. The molecule has 0 saturated heterocycles. The van der Waals surface area contributed by atoms with Gasteiger partial charge >= 0.3 is 0 Å². The predicted molar refractivity (Wildman–Crippen MR) is 153 cm³/mol. The summed E-state index contributed by atoms with van der Waals surface area (Å²) >= 11 is 0. The fourth-order valence-corrected chi connectivity index (χ4v) is 10.1. The lowest BCUT2D eigenvalue weighted by molar-refractivity contribution is -0.123. The monoisotopic (exact) mass is 517 g/mol. The van der Waals surface area contributed by atoms with Crippen LogP contribution < -0.4 is 16.4 Å². The van der Waals surface area contributed by atoms with Crippen LogP contribution in [0.25, 0.3) is 0 Å². The van der Waals surface area contributed by atoms with E-state index in [9.17, 15) is 4.79 Å². The summed E-state index contributed by atoms with van der Waals surface area (Å²) in [5.41, 5.74) is 6.59. The van der Waals surface area contributed by atoms with Crippen LogP contribution in [0.15, 0.2) is 0 Å². The van der Waals surface area contributed by atoms with Crippen LogP contribution in [0.1, 0.15) is 111 Å². The highest BCUT2D eigenvalue weighted by molar-refractivity contribution is 5.79. The average molecular weight is 518 g/mol. The van der Waals surface area contributed by atoms with Crippen LogP contribution in [0.3, 0.4) is 0 Å². The first-order chi connectivity index (χ1) is 17.8. The van der Waals surface area contributed by atoms with E-state index >= 15 is 0 Å². The molecule has 5 nitrogen and oxygen atoms in total. The first-order valence-corrected chi connectivity index (χ1v) is 16.1. The summed E-state index contributed by atoms with van der Waals surface area (Å²) in [7, 11) is 0. The number of hydrogen-bond donors (Lipinski definition) is 4. The zero-order valence-corrected chi connectivity index (χ0v) is 24.4. The summed E-state index contributed by atoms with van der Waals surface area (Å²) < 4.78 is 0. The summed E-state index contributed by atoms with van der Waals surface area (Å²) in [4.78, 5) is 11.7. The Hall–Kier alpha value is -0.490. The van der Waals surface area contributed by atoms with Crippen molar-refractivity contribution in [3.05, 3.63) is 0 Å². The van der Waals surface area contributed by atoms with Gasteiger partial charge in [0.1, 0.15) is 6.61 Å².